The summed E-state index contributed by atoms with van der Waals surface area (Å²) < 4.78 is 0. The monoisotopic (exact) mass is 303 g/mol. The molecule has 7 heteroatoms. The Morgan fingerprint density at radius 1 is 1.36 bits per heavy atom. The van der Waals surface area contributed by atoms with Crippen LogP contribution in [0.4, 0.5) is 11.5 Å². The molecule has 7 nitrogen and oxygen atoms in total. The number of amides is 2. The SMILES string of the molecule is NC1(C(=O)Nc2ccc(N3CCNC(=O)C3)nc2)CCCC1. The zero-order valence-electron chi connectivity index (χ0n) is 12.5. The second-order valence-electron chi connectivity index (χ2n) is 5.99. The van der Waals surface area contributed by atoms with E-state index in [1.807, 2.05) is 11.0 Å². The highest BCUT2D eigenvalue weighted by molar-refractivity contribution is 5.98. The quantitative estimate of drug-likeness (QED) is 0.742. The van der Waals surface area contributed by atoms with E-state index in [1.54, 1.807) is 12.3 Å². The Morgan fingerprint density at radius 2 is 2.14 bits per heavy atom. The number of carbonyl (C=O) groups is 2. The maximum Gasteiger partial charge on any atom is 0.244 e. The van der Waals surface area contributed by atoms with Crippen molar-refractivity contribution in [3.05, 3.63) is 18.3 Å². The lowest BCUT2D eigenvalue weighted by Gasteiger charge is -2.27. The molecule has 1 aromatic heterocycles. The van der Waals surface area contributed by atoms with E-state index in [-0.39, 0.29) is 11.8 Å². The molecular weight excluding hydrogens is 282 g/mol. The first kappa shape index (κ1) is 14.8. The summed E-state index contributed by atoms with van der Waals surface area (Å²) in [5, 5.41) is 5.61. The average molecular weight is 303 g/mol. The Balaban J connectivity index is 1.64. The van der Waals surface area contributed by atoms with Crippen molar-refractivity contribution in [1.82, 2.24) is 10.3 Å². The van der Waals surface area contributed by atoms with Gasteiger partial charge in [0.1, 0.15) is 5.82 Å². The summed E-state index contributed by atoms with van der Waals surface area (Å²) in [5.41, 5.74) is 6.01. The molecule has 0 bridgehead atoms. The standard InChI is InChI=1S/C15H21N5O2/c16-15(5-1-2-6-15)14(22)19-11-3-4-12(18-9-11)20-8-7-17-13(21)10-20/h3-4,9H,1-2,5-8,10,16H2,(H,17,21)(H,19,22). The smallest absolute Gasteiger partial charge is 0.244 e. The summed E-state index contributed by atoms with van der Waals surface area (Å²) in [5.74, 6) is 0.588. The van der Waals surface area contributed by atoms with E-state index in [2.05, 4.69) is 15.6 Å². The first-order valence-electron chi connectivity index (χ1n) is 7.65. The molecule has 0 radical (unpaired) electrons. The summed E-state index contributed by atoms with van der Waals surface area (Å²) >= 11 is 0. The normalized spacial score (nSPS) is 20.6. The molecule has 118 valence electrons. The molecule has 1 aliphatic carbocycles. The third kappa shape index (κ3) is 3.04. The Hall–Kier alpha value is -2.15. The van der Waals surface area contributed by atoms with Crippen LogP contribution in [0.2, 0.25) is 0 Å². The van der Waals surface area contributed by atoms with Gasteiger partial charge in [0.25, 0.3) is 0 Å². The third-order valence-corrected chi connectivity index (χ3v) is 4.32. The molecule has 1 aliphatic heterocycles. The van der Waals surface area contributed by atoms with Crippen LogP contribution in [0.15, 0.2) is 18.3 Å². The Labute approximate surface area is 129 Å². The number of anilines is 2. The van der Waals surface area contributed by atoms with Crippen molar-refractivity contribution in [3.63, 3.8) is 0 Å². The van der Waals surface area contributed by atoms with Crippen LogP contribution in [-0.2, 0) is 9.59 Å². The molecule has 2 aliphatic rings. The molecule has 0 atom stereocenters. The van der Waals surface area contributed by atoms with Crippen LogP contribution in [0.25, 0.3) is 0 Å². The summed E-state index contributed by atoms with van der Waals surface area (Å²) in [4.78, 5) is 29.9. The lowest BCUT2D eigenvalue weighted by molar-refractivity contribution is -0.121. The average Bonchev–Trinajstić information content (AvgIpc) is 2.96. The van der Waals surface area contributed by atoms with E-state index in [0.29, 0.717) is 18.8 Å². The zero-order chi connectivity index (χ0) is 15.6. The third-order valence-electron chi connectivity index (χ3n) is 4.32. The van der Waals surface area contributed by atoms with Crippen LogP contribution in [0.5, 0.6) is 0 Å². The Morgan fingerprint density at radius 3 is 2.77 bits per heavy atom. The second kappa shape index (κ2) is 5.92. The number of nitrogens with one attached hydrogen (secondary N) is 2. The number of hydrogen-bond donors (Lipinski definition) is 3. The van der Waals surface area contributed by atoms with E-state index in [1.165, 1.54) is 0 Å². The van der Waals surface area contributed by atoms with E-state index in [9.17, 15) is 9.59 Å². The first-order valence-corrected chi connectivity index (χ1v) is 7.65. The highest BCUT2D eigenvalue weighted by Gasteiger charge is 2.37. The Kier molecular flexibility index (Phi) is 3.98. The molecule has 1 saturated carbocycles. The van der Waals surface area contributed by atoms with Crippen molar-refractivity contribution in [2.45, 2.75) is 31.2 Å². The number of carbonyl (C=O) groups excluding carboxylic acids is 2. The topological polar surface area (TPSA) is 100 Å². The summed E-state index contributed by atoms with van der Waals surface area (Å²) in [7, 11) is 0. The zero-order valence-corrected chi connectivity index (χ0v) is 12.5. The number of aromatic nitrogens is 1. The van der Waals surface area contributed by atoms with Gasteiger partial charge in [0.2, 0.25) is 11.8 Å². The molecule has 2 heterocycles. The predicted octanol–water partition coefficient (Wildman–Crippen LogP) is 0.228. The highest BCUT2D eigenvalue weighted by Crippen LogP contribution is 2.28. The van der Waals surface area contributed by atoms with Gasteiger partial charge in [-0.25, -0.2) is 4.98 Å². The van der Waals surface area contributed by atoms with Gasteiger partial charge in [0, 0.05) is 13.1 Å². The highest BCUT2D eigenvalue weighted by atomic mass is 16.2. The van der Waals surface area contributed by atoms with Gasteiger partial charge in [-0.05, 0) is 25.0 Å². The minimum absolute atomic E-state index is 0.00302. The van der Waals surface area contributed by atoms with Gasteiger partial charge in [-0.2, -0.15) is 0 Å². The number of nitrogens with zero attached hydrogens (tertiary/aromatic N) is 2. The fraction of sp³-hybridized carbons (Fsp3) is 0.533. The maximum absolute atomic E-state index is 12.2. The van der Waals surface area contributed by atoms with Gasteiger partial charge >= 0.3 is 0 Å². The summed E-state index contributed by atoms with van der Waals surface area (Å²) in [6, 6.07) is 3.61. The van der Waals surface area contributed by atoms with E-state index in [4.69, 9.17) is 5.73 Å². The van der Waals surface area contributed by atoms with Gasteiger partial charge in [-0.3, -0.25) is 9.59 Å². The molecule has 1 saturated heterocycles. The van der Waals surface area contributed by atoms with Crippen molar-refractivity contribution >= 4 is 23.3 Å². The largest absolute Gasteiger partial charge is 0.353 e. The molecule has 0 unspecified atom stereocenters. The first-order chi connectivity index (χ1) is 10.6. The molecule has 0 spiro atoms. The van der Waals surface area contributed by atoms with Crippen LogP contribution in [0.3, 0.4) is 0 Å². The van der Waals surface area contributed by atoms with E-state index >= 15 is 0 Å². The second-order valence-corrected chi connectivity index (χ2v) is 5.99. The minimum Gasteiger partial charge on any atom is -0.353 e. The number of rotatable bonds is 3. The van der Waals surface area contributed by atoms with Gasteiger partial charge in [0.05, 0.1) is 24.0 Å². The number of pyridine rings is 1. The van der Waals surface area contributed by atoms with Crippen molar-refractivity contribution < 1.29 is 9.59 Å². The minimum atomic E-state index is -0.746. The van der Waals surface area contributed by atoms with Crippen LogP contribution in [0.1, 0.15) is 25.7 Å². The fourth-order valence-corrected chi connectivity index (χ4v) is 2.97. The van der Waals surface area contributed by atoms with Gasteiger partial charge in [-0.15, -0.1) is 0 Å². The van der Waals surface area contributed by atoms with Crippen LogP contribution in [0, 0.1) is 0 Å². The van der Waals surface area contributed by atoms with Gasteiger partial charge in [0.15, 0.2) is 0 Å². The molecule has 2 fully saturated rings. The van der Waals surface area contributed by atoms with Crippen molar-refractivity contribution in [2.75, 3.05) is 29.9 Å². The van der Waals surface area contributed by atoms with Crippen LogP contribution in [-0.4, -0.2) is 42.0 Å². The predicted molar refractivity (Wildman–Crippen MR) is 83.5 cm³/mol. The maximum atomic E-state index is 12.2. The lowest BCUT2D eigenvalue weighted by Crippen LogP contribution is -2.48. The van der Waals surface area contributed by atoms with Crippen molar-refractivity contribution in [2.24, 2.45) is 5.73 Å². The number of piperazine rings is 1. The fourth-order valence-electron chi connectivity index (χ4n) is 2.97. The van der Waals surface area contributed by atoms with Crippen LogP contribution >= 0.6 is 0 Å². The van der Waals surface area contributed by atoms with E-state index in [0.717, 1.165) is 38.0 Å². The van der Waals surface area contributed by atoms with E-state index < -0.39 is 5.54 Å². The van der Waals surface area contributed by atoms with Gasteiger partial charge in [-0.1, -0.05) is 12.8 Å². The molecule has 1 aromatic rings. The Bertz CT molecular complexity index is 566. The molecule has 22 heavy (non-hydrogen) atoms. The van der Waals surface area contributed by atoms with Crippen LogP contribution < -0.4 is 21.3 Å². The summed E-state index contributed by atoms with van der Waals surface area (Å²) in [6.45, 7) is 1.66. The molecule has 3 rings (SSSR count). The lowest BCUT2D eigenvalue weighted by atomic mass is 9.98. The molecule has 2 amide bonds. The van der Waals surface area contributed by atoms with Gasteiger partial charge < -0.3 is 21.3 Å². The molecular formula is C15H21N5O2. The number of nitrogens with two attached hydrogens (primary N) is 1. The summed E-state index contributed by atoms with van der Waals surface area (Å²) in [6.07, 6.45) is 5.06. The van der Waals surface area contributed by atoms with Crippen molar-refractivity contribution in [1.29, 1.82) is 0 Å². The molecule has 4 N–H and O–H groups in total. The van der Waals surface area contributed by atoms with Crippen molar-refractivity contribution in [3.8, 4) is 0 Å². The molecule has 0 aromatic carbocycles. The number of hydrogen-bond acceptors (Lipinski definition) is 5.